The number of piperidine rings is 1. The molecule has 2 aromatic rings. The van der Waals surface area contributed by atoms with Crippen molar-refractivity contribution in [3.8, 4) is 0 Å². The molecule has 0 spiro atoms. The van der Waals surface area contributed by atoms with Gasteiger partial charge < -0.3 is 5.32 Å². The maximum atomic E-state index is 12.9. The van der Waals surface area contributed by atoms with Gasteiger partial charge in [0.05, 0.1) is 16.2 Å². The first kappa shape index (κ1) is 25.2. The Morgan fingerprint density at radius 3 is 2.36 bits per heavy atom. The summed E-state index contributed by atoms with van der Waals surface area (Å²) in [4.78, 5) is 36.7. The third-order valence-corrected chi connectivity index (χ3v) is 7.47. The van der Waals surface area contributed by atoms with Gasteiger partial charge in [-0.25, -0.2) is 8.42 Å². The summed E-state index contributed by atoms with van der Waals surface area (Å²) in [5.41, 5.74) is 0.652. The molecule has 1 unspecified atom stereocenters. The lowest BCUT2D eigenvalue weighted by Gasteiger charge is -2.25. The summed E-state index contributed by atoms with van der Waals surface area (Å²) in [5.74, 6) is -1.69. The maximum absolute atomic E-state index is 12.9. The van der Waals surface area contributed by atoms with Gasteiger partial charge in [0.2, 0.25) is 17.7 Å². The van der Waals surface area contributed by atoms with Crippen LogP contribution < -0.4 is 10.6 Å². The minimum atomic E-state index is -3.40. The number of carbonyl (C=O) groups is 3. The molecule has 2 N–H and O–H groups in total. The molecule has 176 valence electrons. The Morgan fingerprint density at radius 2 is 1.79 bits per heavy atom. The first-order valence-electron chi connectivity index (χ1n) is 10.2. The summed E-state index contributed by atoms with van der Waals surface area (Å²) < 4.78 is 23.7. The van der Waals surface area contributed by atoms with Crippen molar-refractivity contribution in [1.82, 2.24) is 10.6 Å². The van der Waals surface area contributed by atoms with Crippen molar-refractivity contribution in [2.45, 2.75) is 49.5 Å². The largest absolute Gasteiger partial charge is 0.351 e. The van der Waals surface area contributed by atoms with E-state index < -0.39 is 27.1 Å². The first-order valence-corrected chi connectivity index (χ1v) is 12.9. The molecule has 3 rings (SSSR count). The summed E-state index contributed by atoms with van der Waals surface area (Å²) in [6.07, 6.45) is 1.64. The molecule has 1 fully saturated rings. The van der Waals surface area contributed by atoms with Gasteiger partial charge in [-0.05, 0) is 55.7 Å². The topological polar surface area (TPSA) is 109 Å². The second-order valence-corrected chi connectivity index (χ2v) is 11.4. The van der Waals surface area contributed by atoms with Gasteiger partial charge in [0.15, 0.2) is 9.84 Å². The summed E-state index contributed by atoms with van der Waals surface area (Å²) in [6.45, 7) is 3.54. The number of benzene rings is 2. The molecule has 0 bridgehead atoms. The van der Waals surface area contributed by atoms with Crippen LogP contribution in [0.3, 0.4) is 0 Å². The number of carbonyl (C=O) groups excluding carboxylic acids is 3. The Kier molecular flexibility index (Phi) is 7.21. The van der Waals surface area contributed by atoms with E-state index in [0.29, 0.717) is 23.1 Å². The van der Waals surface area contributed by atoms with Crippen LogP contribution in [0.15, 0.2) is 41.3 Å². The van der Waals surface area contributed by atoms with Crippen LogP contribution in [0.5, 0.6) is 0 Å². The summed E-state index contributed by atoms with van der Waals surface area (Å²) >= 11 is 12.8. The van der Waals surface area contributed by atoms with Gasteiger partial charge >= 0.3 is 0 Å². The van der Waals surface area contributed by atoms with E-state index in [1.165, 1.54) is 12.1 Å². The average Bonchev–Trinajstić information content (AvgIpc) is 2.72. The van der Waals surface area contributed by atoms with Crippen LogP contribution in [-0.2, 0) is 36.2 Å². The monoisotopic (exact) mass is 510 g/mol. The highest BCUT2D eigenvalue weighted by Crippen LogP contribution is 2.37. The van der Waals surface area contributed by atoms with Crippen LogP contribution in [0.2, 0.25) is 10.0 Å². The number of rotatable bonds is 6. The van der Waals surface area contributed by atoms with Gasteiger partial charge in [-0.3, -0.25) is 19.7 Å². The molecule has 0 aliphatic carbocycles. The Labute approximate surface area is 202 Å². The molecule has 10 heteroatoms. The molecular weight excluding hydrogens is 487 g/mol. The van der Waals surface area contributed by atoms with Crippen molar-refractivity contribution >= 4 is 50.8 Å². The fourth-order valence-electron chi connectivity index (χ4n) is 3.69. The molecular formula is C23H24Cl2N2O5S. The van der Waals surface area contributed by atoms with Crippen molar-refractivity contribution in [2.75, 3.05) is 6.26 Å². The molecule has 7 nitrogen and oxygen atoms in total. The van der Waals surface area contributed by atoms with E-state index in [9.17, 15) is 22.8 Å². The van der Waals surface area contributed by atoms with Crippen LogP contribution >= 0.6 is 23.2 Å². The van der Waals surface area contributed by atoms with E-state index in [4.69, 9.17) is 23.2 Å². The molecule has 3 amide bonds. The highest BCUT2D eigenvalue weighted by molar-refractivity contribution is 7.90. The molecule has 1 saturated heterocycles. The molecule has 0 saturated carbocycles. The minimum absolute atomic E-state index is 0.128. The number of amides is 3. The van der Waals surface area contributed by atoms with Gasteiger partial charge in [-0.15, -0.1) is 0 Å². The van der Waals surface area contributed by atoms with E-state index in [0.717, 1.165) is 6.26 Å². The lowest BCUT2D eigenvalue weighted by molar-refractivity contribution is -0.134. The molecule has 2 aromatic carbocycles. The molecule has 0 aromatic heterocycles. The highest BCUT2D eigenvalue weighted by atomic mass is 35.5. The van der Waals surface area contributed by atoms with Gasteiger partial charge in [0.1, 0.15) is 0 Å². The molecule has 1 aliphatic heterocycles. The predicted octanol–water partition coefficient (Wildman–Crippen LogP) is 3.51. The van der Waals surface area contributed by atoms with Crippen molar-refractivity contribution < 1.29 is 22.8 Å². The number of halogens is 2. The third-order valence-electron chi connectivity index (χ3n) is 5.73. The fourth-order valence-corrected chi connectivity index (χ4v) is 5.15. The molecule has 33 heavy (non-hydrogen) atoms. The second-order valence-electron chi connectivity index (χ2n) is 8.58. The maximum Gasteiger partial charge on any atom is 0.234 e. The zero-order valence-electron chi connectivity index (χ0n) is 18.4. The normalized spacial score (nSPS) is 16.9. The molecule has 1 heterocycles. The lowest BCUT2D eigenvalue weighted by Crippen LogP contribution is -2.40. The van der Waals surface area contributed by atoms with Crippen molar-refractivity contribution in [3.63, 3.8) is 0 Å². The quantitative estimate of drug-likeness (QED) is 0.577. The van der Waals surface area contributed by atoms with Gasteiger partial charge in [0, 0.05) is 34.8 Å². The van der Waals surface area contributed by atoms with Crippen LogP contribution in [0.1, 0.15) is 49.3 Å². The second kappa shape index (κ2) is 9.44. The molecule has 1 aliphatic rings. The summed E-state index contributed by atoms with van der Waals surface area (Å²) in [5, 5.41) is 5.68. The van der Waals surface area contributed by atoms with E-state index in [2.05, 4.69) is 10.6 Å². The van der Waals surface area contributed by atoms with E-state index >= 15 is 0 Å². The van der Waals surface area contributed by atoms with Crippen molar-refractivity contribution in [2.24, 2.45) is 0 Å². The minimum Gasteiger partial charge on any atom is -0.351 e. The van der Waals surface area contributed by atoms with Crippen molar-refractivity contribution in [3.05, 3.63) is 63.1 Å². The standard InChI is InChI=1S/C23H24Cl2N2O5S/c1-23(2,14-5-4-6-15(11-14)33(3,31)32)22(30)26-12-13-9-17(24)20(18(25)10-13)16-7-8-19(28)27-21(16)29/h4-6,9-11,16H,7-8,12H2,1-3H3,(H,26,30)(H,27,28,29). The van der Waals surface area contributed by atoms with Crippen LogP contribution in [0.25, 0.3) is 0 Å². The van der Waals surface area contributed by atoms with Crippen LogP contribution in [0.4, 0.5) is 0 Å². The summed E-state index contributed by atoms with van der Waals surface area (Å²) in [7, 11) is -3.40. The number of hydrogen-bond donors (Lipinski definition) is 2. The first-order chi connectivity index (χ1) is 15.3. The van der Waals surface area contributed by atoms with E-state index in [1.807, 2.05) is 0 Å². The van der Waals surface area contributed by atoms with Crippen LogP contribution in [0, 0.1) is 0 Å². The molecule has 1 atom stereocenters. The third kappa shape index (κ3) is 5.57. The summed E-state index contributed by atoms with van der Waals surface area (Å²) in [6, 6.07) is 9.55. The number of hydrogen-bond acceptors (Lipinski definition) is 5. The smallest absolute Gasteiger partial charge is 0.234 e. The number of imide groups is 1. The highest BCUT2D eigenvalue weighted by Gasteiger charge is 2.32. The number of nitrogens with one attached hydrogen (secondary N) is 2. The van der Waals surface area contributed by atoms with Gasteiger partial charge in [-0.1, -0.05) is 35.3 Å². The predicted molar refractivity (Wildman–Crippen MR) is 126 cm³/mol. The van der Waals surface area contributed by atoms with Gasteiger partial charge in [-0.2, -0.15) is 0 Å². The zero-order valence-corrected chi connectivity index (χ0v) is 20.7. The number of sulfone groups is 1. The van der Waals surface area contributed by atoms with E-state index in [1.54, 1.807) is 38.1 Å². The van der Waals surface area contributed by atoms with Crippen LogP contribution in [-0.4, -0.2) is 32.4 Å². The Bertz CT molecular complexity index is 1220. The van der Waals surface area contributed by atoms with Crippen molar-refractivity contribution in [1.29, 1.82) is 0 Å². The zero-order chi connectivity index (χ0) is 24.6. The molecule has 0 radical (unpaired) electrons. The Hall–Kier alpha value is -2.42. The Balaban J connectivity index is 1.76. The lowest BCUT2D eigenvalue weighted by atomic mass is 9.83. The average molecular weight is 511 g/mol. The van der Waals surface area contributed by atoms with E-state index in [-0.39, 0.29) is 39.7 Å². The van der Waals surface area contributed by atoms with Gasteiger partial charge in [0.25, 0.3) is 0 Å². The fraction of sp³-hybridized carbons (Fsp3) is 0.348. The Morgan fingerprint density at radius 1 is 1.15 bits per heavy atom. The SMILES string of the molecule is CC(C)(C(=O)NCc1cc(Cl)c(C2CCC(=O)NC2=O)c(Cl)c1)c1cccc(S(C)(=O)=O)c1.